The molecule has 0 spiro atoms. The minimum absolute atomic E-state index is 0.114. The van der Waals surface area contributed by atoms with Crippen molar-refractivity contribution in [3.8, 4) is 23.0 Å². The molecular weight excluding hydrogens is 569 g/mol. The van der Waals surface area contributed by atoms with Crippen LogP contribution in [0.5, 0.6) is 5.88 Å². The van der Waals surface area contributed by atoms with E-state index in [0.717, 1.165) is 11.3 Å². The highest BCUT2D eigenvalue weighted by Gasteiger charge is 2.20. The third-order valence-electron chi connectivity index (χ3n) is 5.76. The highest BCUT2D eigenvalue weighted by atomic mass is 32.1. The van der Waals surface area contributed by atoms with Gasteiger partial charge in [0.05, 0.1) is 46.9 Å². The lowest BCUT2D eigenvalue weighted by molar-refractivity contribution is -0.380. The normalized spacial score (nSPS) is 11.1. The van der Waals surface area contributed by atoms with Gasteiger partial charge in [0.1, 0.15) is 18.2 Å². The van der Waals surface area contributed by atoms with Gasteiger partial charge in [-0.2, -0.15) is 5.10 Å². The molecule has 42 heavy (non-hydrogen) atoms. The summed E-state index contributed by atoms with van der Waals surface area (Å²) in [5, 5.41) is 18.3. The topological polar surface area (TPSA) is 156 Å². The van der Waals surface area contributed by atoms with E-state index >= 15 is 0 Å². The Bertz CT molecular complexity index is 1710. The molecule has 1 N–H and O–H groups in total. The Morgan fingerprint density at radius 3 is 2.64 bits per heavy atom. The SMILES string of the molecule is CCOCCOCCOc1ccc(-c2nc(NC(=O)c3ccc([N+](=O)[O-])s3)c3cnn(-c4cccc(F)c4)c3n2)cn1. The van der Waals surface area contributed by atoms with Crippen LogP contribution in [0.2, 0.25) is 0 Å². The van der Waals surface area contributed by atoms with Crippen LogP contribution in [0.1, 0.15) is 16.6 Å². The molecule has 0 fully saturated rings. The van der Waals surface area contributed by atoms with Crippen molar-refractivity contribution in [2.45, 2.75) is 6.92 Å². The van der Waals surface area contributed by atoms with Crippen LogP contribution in [0.25, 0.3) is 28.1 Å². The van der Waals surface area contributed by atoms with E-state index in [1.807, 2.05) is 6.92 Å². The molecule has 0 aliphatic rings. The number of nitrogens with one attached hydrogen (secondary N) is 1. The van der Waals surface area contributed by atoms with Crippen molar-refractivity contribution in [3.63, 3.8) is 0 Å². The van der Waals surface area contributed by atoms with Crippen molar-refractivity contribution >= 4 is 39.1 Å². The Balaban J connectivity index is 1.42. The summed E-state index contributed by atoms with van der Waals surface area (Å²) in [6, 6.07) is 11.8. The van der Waals surface area contributed by atoms with E-state index in [4.69, 9.17) is 14.2 Å². The summed E-state index contributed by atoms with van der Waals surface area (Å²) >= 11 is 0.736. The van der Waals surface area contributed by atoms with Gasteiger partial charge in [0.2, 0.25) is 5.88 Å². The number of rotatable bonds is 13. The summed E-state index contributed by atoms with van der Waals surface area (Å²) < 4.78 is 31.7. The molecule has 1 amide bonds. The summed E-state index contributed by atoms with van der Waals surface area (Å²) in [6.45, 7) is 4.20. The van der Waals surface area contributed by atoms with E-state index in [2.05, 4.69) is 25.4 Å². The number of thiophene rings is 1. The van der Waals surface area contributed by atoms with Gasteiger partial charge in [-0.25, -0.2) is 24.0 Å². The monoisotopic (exact) mass is 593 g/mol. The Hall–Kier alpha value is -4.86. The lowest BCUT2D eigenvalue weighted by Gasteiger charge is -2.10. The molecule has 13 nitrogen and oxygen atoms in total. The summed E-state index contributed by atoms with van der Waals surface area (Å²) in [5.74, 6) is -0.374. The van der Waals surface area contributed by atoms with Gasteiger partial charge in [0.25, 0.3) is 5.91 Å². The molecule has 1 aromatic carbocycles. The van der Waals surface area contributed by atoms with Crippen molar-refractivity contribution in [2.24, 2.45) is 0 Å². The predicted molar refractivity (Wildman–Crippen MR) is 152 cm³/mol. The summed E-state index contributed by atoms with van der Waals surface area (Å²) in [5.41, 5.74) is 1.21. The van der Waals surface area contributed by atoms with Gasteiger partial charge in [0.15, 0.2) is 11.5 Å². The smallest absolute Gasteiger partial charge is 0.324 e. The molecule has 0 radical (unpaired) electrons. The Morgan fingerprint density at radius 2 is 1.90 bits per heavy atom. The van der Waals surface area contributed by atoms with Crippen LogP contribution in [0.15, 0.2) is 60.9 Å². The molecule has 0 saturated heterocycles. The minimum atomic E-state index is -0.595. The molecule has 0 unspecified atom stereocenters. The van der Waals surface area contributed by atoms with Crippen LogP contribution in [-0.4, -0.2) is 68.6 Å². The molecule has 0 bridgehead atoms. The summed E-state index contributed by atoms with van der Waals surface area (Å²) in [6.07, 6.45) is 2.96. The molecule has 0 saturated carbocycles. The standard InChI is InChI=1S/C27H24FN7O6S/c1-2-39-10-11-40-12-13-41-22-8-6-17(15-29-22)24-31-25(33-27(36)21-7-9-23(42-21)35(37)38)20-16-30-34(26(20)32-24)19-5-3-4-18(28)14-19/h3-9,14-16H,2,10-13H2,1H3,(H,31,32,33,36). The van der Waals surface area contributed by atoms with Crippen LogP contribution < -0.4 is 10.1 Å². The van der Waals surface area contributed by atoms with Gasteiger partial charge >= 0.3 is 5.00 Å². The fourth-order valence-corrected chi connectivity index (χ4v) is 4.53. The van der Waals surface area contributed by atoms with Gasteiger partial charge in [-0.1, -0.05) is 17.4 Å². The maximum Gasteiger partial charge on any atom is 0.324 e. The van der Waals surface area contributed by atoms with Gasteiger partial charge < -0.3 is 19.5 Å². The number of aromatic nitrogens is 5. The number of ether oxygens (including phenoxy) is 3. The van der Waals surface area contributed by atoms with E-state index in [9.17, 15) is 19.3 Å². The zero-order valence-electron chi connectivity index (χ0n) is 22.2. The summed E-state index contributed by atoms with van der Waals surface area (Å²) in [4.78, 5) is 37.1. The van der Waals surface area contributed by atoms with E-state index in [1.165, 1.54) is 41.3 Å². The van der Waals surface area contributed by atoms with Gasteiger partial charge in [-0.15, -0.1) is 0 Å². The molecule has 5 rings (SSSR count). The number of anilines is 1. The molecule has 4 aromatic heterocycles. The van der Waals surface area contributed by atoms with Gasteiger partial charge in [0, 0.05) is 30.5 Å². The predicted octanol–water partition coefficient (Wildman–Crippen LogP) is 4.67. The summed E-state index contributed by atoms with van der Waals surface area (Å²) in [7, 11) is 0. The average molecular weight is 594 g/mol. The largest absolute Gasteiger partial charge is 0.475 e. The first-order valence-electron chi connectivity index (χ1n) is 12.7. The van der Waals surface area contributed by atoms with Crippen LogP contribution in [0.3, 0.4) is 0 Å². The van der Waals surface area contributed by atoms with Gasteiger partial charge in [-0.3, -0.25) is 14.9 Å². The Labute approximate surface area is 242 Å². The zero-order chi connectivity index (χ0) is 29.5. The number of hydrogen-bond acceptors (Lipinski definition) is 11. The first-order valence-corrected chi connectivity index (χ1v) is 13.6. The number of carbonyl (C=O) groups is 1. The van der Waals surface area contributed by atoms with Crippen molar-refractivity contribution in [2.75, 3.05) is 38.4 Å². The first kappa shape index (κ1) is 28.7. The van der Waals surface area contributed by atoms with E-state index < -0.39 is 16.6 Å². The number of carbonyl (C=O) groups excluding carboxylic acids is 1. The molecule has 5 aromatic rings. The highest BCUT2D eigenvalue weighted by molar-refractivity contribution is 7.17. The van der Waals surface area contributed by atoms with E-state index in [0.29, 0.717) is 61.2 Å². The zero-order valence-corrected chi connectivity index (χ0v) is 23.0. The van der Waals surface area contributed by atoms with Crippen LogP contribution in [0.4, 0.5) is 15.2 Å². The Kier molecular flexibility index (Phi) is 9.01. The molecule has 15 heteroatoms. The number of pyridine rings is 1. The minimum Gasteiger partial charge on any atom is -0.475 e. The maximum absolute atomic E-state index is 14.0. The molecular formula is C27H24FN7O6S. The van der Waals surface area contributed by atoms with Crippen molar-refractivity contribution < 1.29 is 28.3 Å². The second-order valence-electron chi connectivity index (χ2n) is 8.56. The maximum atomic E-state index is 14.0. The van der Waals surface area contributed by atoms with E-state index in [-0.39, 0.29) is 21.5 Å². The van der Waals surface area contributed by atoms with Crippen LogP contribution in [-0.2, 0) is 9.47 Å². The Morgan fingerprint density at radius 1 is 1.07 bits per heavy atom. The highest BCUT2D eigenvalue weighted by Crippen LogP contribution is 2.29. The molecule has 0 atom stereocenters. The second-order valence-corrected chi connectivity index (χ2v) is 9.62. The number of amides is 1. The lowest BCUT2D eigenvalue weighted by Crippen LogP contribution is -2.13. The van der Waals surface area contributed by atoms with Crippen LogP contribution in [0, 0.1) is 15.9 Å². The number of benzene rings is 1. The number of hydrogen-bond donors (Lipinski definition) is 1. The van der Waals surface area contributed by atoms with Crippen LogP contribution >= 0.6 is 11.3 Å². The number of fused-ring (bicyclic) bond motifs is 1. The third-order valence-corrected chi connectivity index (χ3v) is 6.79. The quantitative estimate of drug-likeness (QED) is 0.116. The third kappa shape index (κ3) is 6.71. The first-order chi connectivity index (χ1) is 20.4. The molecule has 0 aliphatic heterocycles. The fourth-order valence-electron chi connectivity index (χ4n) is 3.81. The molecule has 0 aliphatic carbocycles. The number of nitrogens with zero attached hydrogens (tertiary/aromatic N) is 6. The van der Waals surface area contributed by atoms with Gasteiger partial charge in [-0.05, 0) is 37.3 Å². The van der Waals surface area contributed by atoms with Crippen molar-refractivity contribution in [1.29, 1.82) is 0 Å². The molecule has 4 heterocycles. The van der Waals surface area contributed by atoms with Crippen molar-refractivity contribution in [3.05, 3.63) is 81.7 Å². The van der Waals surface area contributed by atoms with Crippen molar-refractivity contribution in [1.82, 2.24) is 24.7 Å². The van der Waals surface area contributed by atoms with E-state index in [1.54, 1.807) is 24.3 Å². The second kappa shape index (κ2) is 13.2. The average Bonchev–Trinajstić information content (AvgIpc) is 3.66. The number of nitro groups is 1. The lowest BCUT2D eigenvalue weighted by atomic mass is 10.2. The number of halogens is 1. The fraction of sp³-hybridized carbons (Fsp3) is 0.222. The molecule has 216 valence electrons.